The molecule has 0 heterocycles. The van der Waals surface area contributed by atoms with E-state index in [4.69, 9.17) is 14.2 Å². The molecule has 0 radical (unpaired) electrons. The van der Waals surface area contributed by atoms with Gasteiger partial charge in [-0.1, -0.05) is 26.2 Å². The van der Waals surface area contributed by atoms with Gasteiger partial charge in [0.15, 0.2) is 0 Å². The van der Waals surface area contributed by atoms with Crippen molar-refractivity contribution in [1.82, 2.24) is 0 Å². The zero-order valence-corrected chi connectivity index (χ0v) is 12.8. The highest BCUT2D eigenvalue weighted by atomic mass is 16.6. The van der Waals surface area contributed by atoms with E-state index in [9.17, 15) is 9.59 Å². The first-order valence-electron chi connectivity index (χ1n) is 7.50. The molecule has 0 amide bonds. The van der Waals surface area contributed by atoms with Crippen molar-refractivity contribution >= 4 is 11.9 Å². The van der Waals surface area contributed by atoms with E-state index in [1.807, 2.05) is 0 Å². The van der Waals surface area contributed by atoms with Crippen molar-refractivity contribution in [3.05, 3.63) is 0 Å². The molecule has 5 heteroatoms. The zero-order chi connectivity index (χ0) is 15.1. The van der Waals surface area contributed by atoms with Crippen molar-refractivity contribution in [3.8, 4) is 0 Å². The molecule has 0 aliphatic carbocycles. The monoisotopic (exact) mass is 288 g/mol. The van der Waals surface area contributed by atoms with Crippen LogP contribution in [0, 0.1) is 0 Å². The summed E-state index contributed by atoms with van der Waals surface area (Å²) in [6.45, 7) is 3.36. The summed E-state index contributed by atoms with van der Waals surface area (Å²) in [5.74, 6) is -0.413. The van der Waals surface area contributed by atoms with E-state index in [2.05, 4.69) is 6.92 Å². The SMILES string of the molecule is CCCCCCOC(=O)CCCCC(=O)OCCOC. The Morgan fingerprint density at radius 2 is 1.35 bits per heavy atom. The maximum absolute atomic E-state index is 11.4. The van der Waals surface area contributed by atoms with Crippen molar-refractivity contribution in [1.29, 1.82) is 0 Å². The van der Waals surface area contributed by atoms with Gasteiger partial charge in [-0.3, -0.25) is 9.59 Å². The highest BCUT2D eigenvalue weighted by Crippen LogP contribution is 2.04. The molecule has 0 N–H and O–H groups in total. The average Bonchev–Trinajstić information content (AvgIpc) is 2.44. The van der Waals surface area contributed by atoms with Crippen LogP contribution in [0.5, 0.6) is 0 Å². The maximum Gasteiger partial charge on any atom is 0.305 e. The van der Waals surface area contributed by atoms with Crippen LogP contribution in [0.1, 0.15) is 58.3 Å². The highest BCUT2D eigenvalue weighted by molar-refractivity contribution is 5.70. The predicted octanol–water partition coefficient (Wildman–Crippen LogP) is 2.86. The van der Waals surface area contributed by atoms with Crippen LogP contribution in [0.15, 0.2) is 0 Å². The molecule has 0 aromatic heterocycles. The van der Waals surface area contributed by atoms with Crippen molar-refractivity contribution < 1.29 is 23.8 Å². The minimum absolute atomic E-state index is 0.172. The van der Waals surface area contributed by atoms with E-state index in [-0.39, 0.29) is 18.5 Å². The molecule has 0 bridgehead atoms. The largest absolute Gasteiger partial charge is 0.466 e. The Morgan fingerprint density at radius 1 is 0.750 bits per heavy atom. The lowest BCUT2D eigenvalue weighted by Gasteiger charge is -2.05. The van der Waals surface area contributed by atoms with E-state index < -0.39 is 0 Å². The molecular formula is C15H28O5. The molecule has 0 aliphatic rings. The third-order valence-electron chi connectivity index (χ3n) is 2.82. The fourth-order valence-corrected chi connectivity index (χ4v) is 1.64. The number of methoxy groups -OCH3 is 1. The number of hydrogen-bond donors (Lipinski definition) is 0. The number of unbranched alkanes of at least 4 members (excludes halogenated alkanes) is 4. The third-order valence-corrected chi connectivity index (χ3v) is 2.82. The first-order valence-corrected chi connectivity index (χ1v) is 7.50. The van der Waals surface area contributed by atoms with Crippen molar-refractivity contribution in [3.63, 3.8) is 0 Å². The summed E-state index contributed by atoms with van der Waals surface area (Å²) in [4.78, 5) is 22.6. The molecule has 0 unspecified atom stereocenters. The molecule has 0 spiro atoms. The first-order chi connectivity index (χ1) is 9.70. The van der Waals surface area contributed by atoms with Crippen molar-refractivity contribution in [2.45, 2.75) is 58.3 Å². The summed E-state index contributed by atoms with van der Waals surface area (Å²) < 4.78 is 14.8. The number of carbonyl (C=O) groups excluding carboxylic acids is 2. The highest BCUT2D eigenvalue weighted by Gasteiger charge is 2.05. The summed E-state index contributed by atoms with van der Waals surface area (Å²) in [5.41, 5.74) is 0. The number of carbonyl (C=O) groups is 2. The van der Waals surface area contributed by atoms with Crippen LogP contribution in [0.3, 0.4) is 0 Å². The number of hydrogen-bond acceptors (Lipinski definition) is 5. The van der Waals surface area contributed by atoms with Gasteiger partial charge < -0.3 is 14.2 Å². The second kappa shape index (κ2) is 14.3. The summed E-state index contributed by atoms with van der Waals surface area (Å²) in [7, 11) is 1.56. The summed E-state index contributed by atoms with van der Waals surface area (Å²) in [6.07, 6.45) is 6.43. The Kier molecular flexibility index (Phi) is 13.5. The minimum atomic E-state index is -0.241. The van der Waals surface area contributed by atoms with E-state index in [1.165, 1.54) is 12.8 Å². The van der Waals surface area contributed by atoms with Crippen molar-refractivity contribution in [2.24, 2.45) is 0 Å². The Labute approximate surface area is 122 Å². The second-order valence-corrected chi connectivity index (χ2v) is 4.70. The van der Waals surface area contributed by atoms with Crippen LogP contribution in [0.4, 0.5) is 0 Å². The van der Waals surface area contributed by atoms with E-state index >= 15 is 0 Å². The van der Waals surface area contributed by atoms with E-state index in [0.717, 1.165) is 12.8 Å². The lowest BCUT2D eigenvalue weighted by atomic mass is 10.2. The number of esters is 2. The van der Waals surface area contributed by atoms with Crippen LogP contribution in [-0.2, 0) is 23.8 Å². The predicted molar refractivity (Wildman–Crippen MR) is 76.4 cm³/mol. The molecule has 0 aliphatic heterocycles. The van der Waals surface area contributed by atoms with Gasteiger partial charge in [-0.05, 0) is 19.3 Å². The second-order valence-electron chi connectivity index (χ2n) is 4.70. The van der Waals surface area contributed by atoms with E-state index in [0.29, 0.717) is 38.9 Å². The Morgan fingerprint density at radius 3 is 1.90 bits per heavy atom. The smallest absolute Gasteiger partial charge is 0.305 e. The molecule has 0 aromatic carbocycles. The molecule has 5 nitrogen and oxygen atoms in total. The Hall–Kier alpha value is -1.10. The van der Waals surface area contributed by atoms with Gasteiger partial charge in [0, 0.05) is 20.0 Å². The first kappa shape index (κ1) is 18.9. The summed E-state index contributed by atoms with van der Waals surface area (Å²) >= 11 is 0. The summed E-state index contributed by atoms with van der Waals surface area (Å²) in [5, 5.41) is 0. The fourth-order valence-electron chi connectivity index (χ4n) is 1.64. The minimum Gasteiger partial charge on any atom is -0.466 e. The quantitative estimate of drug-likeness (QED) is 0.385. The van der Waals surface area contributed by atoms with Crippen LogP contribution >= 0.6 is 0 Å². The fraction of sp³-hybridized carbons (Fsp3) is 0.867. The lowest BCUT2D eigenvalue weighted by Crippen LogP contribution is -2.10. The normalized spacial score (nSPS) is 10.3. The molecule has 20 heavy (non-hydrogen) atoms. The molecule has 0 rings (SSSR count). The number of ether oxygens (including phenoxy) is 3. The van der Waals surface area contributed by atoms with Crippen LogP contribution in [-0.4, -0.2) is 38.9 Å². The molecule has 0 aromatic rings. The van der Waals surface area contributed by atoms with Crippen molar-refractivity contribution in [2.75, 3.05) is 26.9 Å². The standard InChI is InChI=1S/C15H28O5/c1-3-4-5-8-11-19-14(16)9-6-7-10-15(17)20-13-12-18-2/h3-13H2,1-2H3. The topological polar surface area (TPSA) is 61.8 Å². The average molecular weight is 288 g/mol. The molecule has 0 fully saturated rings. The number of rotatable bonds is 13. The van der Waals surface area contributed by atoms with Crippen LogP contribution in [0.25, 0.3) is 0 Å². The molecule has 0 saturated carbocycles. The van der Waals surface area contributed by atoms with Crippen LogP contribution < -0.4 is 0 Å². The van der Waals surface area contributed by atoms with Gasteiger partial charge >= 0.3 is 11.9 Å². The zero-order valence-electron chi connectivity index (χ0n) is 12.8. The molecule has 0 atom stereocenters. The van der Waals surface area contributed by atoms with Gasteiger partial charge in [-0.2, -0.15) is 0 Å². The van der Waals surface area contributed by atoms with E-state index in [1.54, 1.807) is 7.11 Å². The van der Waals surface area contributed by atoms with Gasteiger partial charge in [0.25, 0.3) is 0 Å². The molecule has 118 valence electrons. The van der Waals surface area contributed by atoms with Gasteiger partial charge in [-0.25, -0.2) is 0 Å². The third kappa shape index (κ3) is 13.3. The Balaban J connectivity index is 3.32. The van der Waals surface area contributed by atoms with Crippen LogP contribution in [0.2, 0.25) is 0 Å². The van der Waals surface area contributed by atoms with Gasteiger partial charge in [-0.15, -0.1) is 0 Å². The summed E-state index contributed by atoms with van der Waals surface area (Å²) in [6, 6.07) is 0. The van der Waals surface area contributed by atoms with Gasteiger partial charge in [0.05, 0.1) is 13.2 Å². The molecular weight excluding hydrogens is 260 g/mol. The Bertz CT molecular complexity index is 253. The molecule has 0 saturated heterocycles. The van der Waals surface area contributed by atoms with Gasteiger partial charge in [0.1, 0.15) is 6.61 Å². The lowest BCUT2D eigenvalue weighted by molar-refractivity contribution is -0.146. The van der Waals surface area contributed by atoms with Gasteiger partial charge in [0.2, 0.25) is 0 Å². The maximum atomic E-state index is 11.4.